The fourth-order valence-electron chi connectivity index (χ4n) is 5.16. The number of benzene rings is 2. The molecule has 0 aliphatic carbocycles. The number of hydrogen-bond donors (Lipinski definition) is 3. The van der Waals surface area contributed by atoms with E-state index in [1.807, 2.05) is 0 Å². The Bertz CT molecular complexity index is 1210. The molecule has 3 aliphatic rings. The molecule has 5 rings (SSSR count). The molecule has 1 unspecified atom stereocenters. The van der Waals surface area contributed by atoms with Gasteiger partial charge in [-0.05, 0) is 67.1 Å². The van der Waals surface area contributed by atoms with Gasteiger partial charge in [-0.15, -0.1) is 0 Å². The van der Waals surface area contributed by atoms with Gasteiger partial charge in [0, 0.05) is 37.4 Å². The first-order valence-electron chi connectivity index (χ1n) is 12.0. The highest BCUT2D eigenvalue weighted by atomic mass is 19.1. The molecule has 3 heterocycles. The fourth-order valence-corrected chi connectivity index (χ4v) is 5.16. The molecule has 36 heavy (non-hydrogen) atoms. The van der Waals surface area contributed by atoms with Gasteiger partial charge in [-0.1, -0.05) is 12.1 Å². The third-order valence-corrected chi connectivity index (χ3v) is 7.07. The van der Waals surface area contributed by atoms with E-state index in [9.17, 15) is 23.6 Å². The van der Waals surface area contributed by atoms with Crippen molar-refractivity contribution in [3.05, 3.63) is 65.0 Å². The van der Waals surface area contributed by atoms with Gasteiger partial charge >= 0.3 is 6.03 Å². The number of hydrogen-bond acceptors (Lipinski definition) is 5. The first-order chi connectivity index (χ1) is 17.3. The second-order valence-electron chi connectivity index (χ2n) is 9.55. The number of nitrogens with zero attached hydrogens (tertiary/aromatic N) is 1. The van der Waals surface area contributed by atoms with Crippen LogP contribution in [0.2, 0.25) is 0 Å². The van der Waals surface area contributed by atoms with Crippen molar-refractivity contribution in [1.82, 2.24) is 15.5 Å². The smallest absolute Gasteiger partial charge is 0.319 e. The Morgan fingerprint density at radius 2 is 1.86 bits per heavy atom. The van der Waals surface area contributed by atoms with E-state index in [0.717, 1.165) is 5.56 Å². The number of anilines is 1. The summed E-state index contributed by atoms with van der Waals surface area (Å²) in [6.45, 7) is 1.25. The Morgan fingerprint density at radius 3 is 2.58 bits per heavy atom. The van der Waals surface area contributed by atoms with Crippen molar-refractivity contribution in [2.75, 3.05) is 18.5 Å². The number of urea groups is 1. The van der Waals surface area contributed by atoms with E-state index >= 15 is 0 Å². The van der Waals surface area contributed by atoms with Crippen LogP contribution in [-0.4, -0.2) is 53.4 Å². The molecule has 1 atom stereocenters. The van der Waals surface area contributed by atoms with Crippen LogP contribution in [0.4, 0.5) is 14.9 Å². The maximum Gasteiger partial charge on any atom is 0.319 e. The van der Waals surface area contributed by atoms with Crippen LogP contribution in [0.25, 0.3) is 0 Å². The van der Waals surface area contributed by atoms with Crippen molar-refractivity contribution in [3.63, 3.8) is 0 Å². The summed E-state index contributed by atoms with van der Waals surface area (Å²) in [6.07, 6.45) is 2.27. The number of amides is 5. The molecule has 0 saturated carbocycles. The Hall–Kier alpha value is -3.79. The van der Waals surface area contributed by atoms with Gasteiger partial charge in [-0.25, -0.2) is 9.18 Å². The van der Waals surface area contributed by atoms with E-state index in [1.165, 1.54) is 17.0 Å². The number of halogens is 1. The number of rotatable bonds is 5. The number of fused-ring (bicyclic) bond motifs is 1. The Kier molecular flexibility index (Phi) is 6.44. The number of ether oxygens (including phenoxy) is 1. The zero-order valence-electron chi connectivity index (χ0n) is 19.6. The molecule has 0 radical (unpaired) electrons. The van der Waals surface area contributed by atoms with Crippen LogP contribution in [0.1, 0.15) is 47.2 Å². The van der Waals surface area contributed by atoms with Gasteiger partial charge in [0.2, 0.25) is 11.8 Å². The predicted molar refractivity (Wildman–Crippen MR) is 128 cm³/mol. The van der Waals surface area contributed by atoms with E-state index in [-0.39, 0.29) is 43.0 Å². The summed E-state index contributed by atoms with van der Waals surface area (Å²) in [5, 5.41) is 8.25. The first-order valence-corrected chi connectivity index (χ1v) is 12.0. The van der Waals surface area contributed by atoms with Crippen molar-refractivity contribution in [1.29, 1.82) is 0 Å². The average Bonchev–Trinajstić information content (AvgIpc) is 3.16. The predicted octanol–water partition coefficient (Wildman–Crippen LogP) is 2.50. The maximum atomic E-state index is 13.3. The topological polar surface area (TPSA) is 117 Å². The molecule has 2 fully saturated rings. The van der Waals surface area contributed by atoms with Gasteiger partial charge < -0.3 is 20.3 Å². The molecule has 2 saturated heterocycles. The van der Waals surface area contributed by atoms with E-state index in [2.05, 4.69) is 16.0 Å². The lowest BCUT2D eigenvalue weighted by atomic mass is 9.83. The monoisotopic (exact) mass is 494 g/mol. The largest absolute Gasteiger partial charge is 0.381 e. The summed E-state index contributed by atoms with van der Waals surface area (Å²) in [4.78, 5) is 51.1. The minimum absolute atomic E-state index is 0.189. The molecule has 2 aromatic carbocycles. The second-order valence-corrected chi connectivity index (χ2v) is 9.55. The van der Waals surface area contributed by atoms with Crippen molar-refractivity contribution >= 4 is 29.4 Å². The molecule has 188 valence electrons. The Morgan fingerprint density at radius 1 is 1.11 bits per heavy atom. The minimum Gasteiger partial charge on any atom is -0.381 e. The van der Waals surface area contributed by atoms with Gasteiger partial charge in [-0.2, -0.15) is 0 Å². The van der Waals surface area contributed by atoms with Gasteiger partial charge in [-0.3, -0.25) is 19.7 Å². The highest BCUT2D eigenvalue weighted by Crippen LogP contribution is 2.30. The molecule has 3 aliphatic heterocycles. The molecule has 0 aromatic heterocycles. The van der Waals surface area contributed by atoms with Gasteiger partial charge in [0.15, 0.2) is 0 Å². The third-order valence-electron chi connectivity index (χ3n) is 7.07. The minimum atomic E-state index is -0.692. The van der Waals surface area contributed by atoms with Crippen LogP contribution in [0.15, 0.2) is 42.5 Å². The van der Waals surface area contributed by atoms with E-state index < -0.39 is 17.5 Å². The molecule has 0 spiro atoms. The summed E-state index contributed by atoms with van der Waals surface area (Å²) in [6, 6.07) is 10.2. The number of carbonyl (C=O) groups is 4. The van der Waals surface area contributed by atoms with Crippen molar-refractivity contribution in [2.24, 2.45) is 0 Å². The lowest BCUT2D eigenvalue weighted by molar-refractivity contribution is -0.136. The summed E-state index contributed by atoms with van der Waals surface area (Å²) in [5.74, 6) is -1.37. The normalized spacial score (nSPS) is 21.1. The molecule has 3 N–H and O–H groups in total. The molecule has 2 aromatic rings. The molecular formula is C26H27FN4O5. The van der Waals surface area contributed by atoms with Crippen LogP contribution < -0.4 is 16.0 Å². The maximum absolute atomic E-state index is 13.3. The van der Waals surface area contributed by atoms with E-state index in [4.69, 9.17) is 4.74 Å². The summed E-state index contributed by atoms with van der Waals surface area (Å²) < 4.78 is 18.8. The van der Waals surface area contributed by atoms with Crippen LogP contribution in [0.3, 0.4) is 0 Å². The molecular weight excluding hydrogens is 467 g/mol. The van der Waals surface area contributed by atoms with E-state index in [0.29, 0.717) is 49.3 Å². The highest BCUT2D eigenvalue weighted by molar-refractivity contribution is 6.05. The number of imide groups is 1. The number of nitrogens with one attached hydrogen (secondary N) is 3. The quantitative estimate of drug-likeness (QED) is 0.553. The molecule has 0 bridgehead atoms. The first kappa shape index (κ1) is 23.9. The summed E-state index contributed by atoms with van der Waals surface area (Å²) >= 11 is 0. The van der Waals surface area contributed by atoms with Crippen molar-refractivity contribution < 1.29 is 28.3 Å². The van der Waals surface area contributed by atoms with Gasteiger partial charge in [0.1, 0.15) is 11.9 Å². The standard InChI is InChI=1S/C26H27FN4O5/c27-18-3-1-16(2-4-18)14-26(9-11-36-12-10-26)30-25(35)28-19-5-6-20-17(13-19)15-31(24(20)34)21-7-8-22(32)29-23(21)33/h1-6,13,21H,7-12,14-15H2,(H2,28,30,35)(H,29,32,33). The lowest BCUT2D eigenvalue weighted by Crippen LogP contribution is -2.54. The van der Waals surface area contributed by atoms with Crippen molar-refractivity contribution in [2.45, 2.75) is 50.2 Å². The van der Waals surface area contributed by atoms with Crippen LogP contribution in [-0.2, 0) is 27.3 Å². The third kappa shape index (κ3) is 4.94. The van der Waals surface area contributed by atoms with Gasteiger partial charge in [0.05, 0.1) is 5.54 Å². The Balaban J connectivity index is 1.26. The summed E-state index contributed by atoms with van der Waals surface area (Å²) in [5.41, 5.74) is 2.09. The summed E-state index contributed by atoms with van der Waals surface area (Å²) in [7, 11) is 0. The molecule has 9 nitrogen and oxygen atoms in total. The highest BCUT2D eigenvalue weighted by Gasteiger charge is 2.39. The Labute approximate surface area is 207 Å². The van der Waals surface area contributed by atoms with Crippen molar-refractivity contribution in [3.8, 4) is 0 Å². The zero-order valence-corrected chi connectivity index (χ0v) is 19.6. The SMILES string of the molecule is O=C1CCC(N2Cc3cc(NC(=O)NC4(Cc5ccc(F)cc5)CCOCC4)ccc3C2=O)C(=O)N1. The average molecular weight is 495 g/mol. The molecule has 5 amide bonds. The van der Waals surface area contributed by atoms with Crippen LogP contribution in [0, 0.1) is 5.82 Å². The fraction of sp³-hybridized carbons (Fsp3) is 0.385. The second kappa shape index (κ2) is 9.69. The number of piperidine rings is 1. The van der Waals surface area contributed by atoms with Crippen LogP contribution in [0.5, 0.6) is 0 Å². The van der Waals surface area contributed by atoms with E-state index in [1.54, 1.807) is 30.3 Å². The number of carbonyl (C=O) groups excluding carboxylic acids is 4. The van der Waals surface area contributed by atoms with Crippen LogP contribution >= 0.6 is 0 Å². The molecule has 10 heteroatoms. The lowest BCUT2D eigenvalue weighted by Gasteiger charge is -2.38. The zero-order chi connectivity index (χ0) is 25.3. The van der Waals surface area contributed by atoms with Gasteiger partial charge in [0.25, 0.3) is 5.91 Å².